The lowest BCUT2D eigenvalue weighted by Gasteiger charge is -2.09. The molecular formula is C13H11BrClN3O. The van der Waals surface area contributed by atoms with Crippen LogP contribution in [0, 0.1) is 0 Å². The molecule has 6 heteroatoms. The fourth-order valence-corrected chi connectivity index (χ4v) is 2.06. The highest BCUT2D eigenvalue weighted by molar-refractivity contribution is 9.10. The van der Waals surface area contributed by atoms with E-state index in [2.05, 4.69) is 31.5 Å². The second kappa shape index (κ2) is 6.04. The minimum Gasteiger partial charge on any atom is -0.373 e. The van der Waals surface area contributed by atoms with E-state index < -0.39 is 0 Å². The fourth-order valence-electron chi connectivity index (χ4n) is 1.48. The van der Waals surface area contributed by atoms with Crippen molar-refractivity contribution < 1.29 is 4.79 Å². The first-order chi connectivity index (χ1) is 9.11. The number of nitrogens with zero attached hydrogens (tertiary/aromatic N) is 1. The maximum atomic E-state index is 12.1. The summed E-state index contributed by atoms with van der Waals surface area (Å²) in [6.07, 6.45) is 0. The molecule has 0 aliphatic carbocycles. The molecule has 0 unspecified atom stereocenters. The zero-order valence-corrected chi connectivity index (χ0v) is 12.4. The van der Waals surface area contributed by atoms with Gasteiger partial charge in [-0.3, -0.25) is 4.79 Å². The fraction of sp³-hybridized carbons (Fsp3) is 0.0769. The molecular weight excluding hydrogens is 330 g/mol. The number of benzene rings is 1. The van der Waals surface area contributed by atoms with E-state index in [1.54, 1.807) is 25.2 Å². The van der Waals surface area contributed by atoms with Gasteiger partial charge in [0.05, 0.1) is 10.7 Å². The molecule has 0 bridgehead atoms. The first-order valence-corrected chi connectivity index (χ1v) is 6.69. The van der Waals surface area contributed by atoms with Crippen LogP contribution in [0.3, 0.4) is 0 Å². The topological polar surface area (TPSA) is 54.0 Å². The van der Waals surface area contributed by atoms with Crippen LogP contribution in [0.1, 0.15) is 10.5 Å². The maximum Gasteiger partial charge on any atom is 0.275 e. The van der Waals surface area contributed by atoms with Crippen molar-refractivity contribution in [3.8, 4) is 0 Å². The summed E-state index contributed by atoms with van der Waals surface area (Å²) in [6, 6.07) is 10.7. The number of rotatable bonds is 3. The predicted octanol–water partition coefficient (Wildman–Crippen LogP) is 3.79. The highest BCUT2D eigenvalue weighted by atomic mass is 79.9. The van der Waals surface area contributed by atoms with E-state index in [1.165, 1.54) is 0 Å². The van der Waals surface area contributed by atoms with E-state index in [1.807, 2.05) is 18.2 Å². The van der Waals surface area contributed by atoms with Gasteiger partial charge in [0.15, 0.2) is 0 Å². The lowest BCUT2D eigenvalue weighted by Crippen LogP contribution is -2.15. The molecule has 0 aliphatic heterocycles. The highest BCUT2D eigenvalue weighted by Crippen LogP contribution is 2.23. The first-order valence-electron chi connectivity index (χ1n) is 5.52. The normalized spacial score (nSPS) is 10.1. The Morgan fingerprint density at radius 2 is 2.00 bits per heavy atom. The molecule has 0 spiro atoms. The predicted molar refractivity (Wildman–Crippen MR) is 80.9 cm³/mol. The van der Waals surface area contributed by atoms with Crippen LogP contribution in [0.2, 0.25) is 5.02 Å². The zero-order valence-electron chi connectivity index (χ0n) is 10.1. The molecule has 2 aromatic rings. The van der Waals surface area contributed by atoms with Crippen LogP contribution in [0.25, 0.3) is 0 Å². The molecule has 0 fully saturated rings. The number of carbonyl (C=O) groups is 1. The molecule has 0 atom stereocenters. The number of carbonyl (C=O) groups excluding carboxylic acids is 1. The van der Waals surface area contributed by atoms with E-state index >= 15 is 0 Å². The summed E-state index contributed by atoms with van der Waals surface area (Å²) in [7, 11) is 1.73. The molecule has 1 aromatic carbocycles. The molecule has 0 saturated heterocycles. The SMILES string of the molecule is CNc1ccc(Cl)c(C(=O)Nc2ccccc2Br)n1. The number of hydrogen-bond acceptors (Lipinski definition) is 3. The van der Waals surface area contributed by atoms with Gasteiger partial charge in [-0.2, -0.15) is 0 Å². The standard InChI is InChI=1S/C13H11BrClN3O/c1-16-11-7-6-9(15)12(18-11)13(19)17-10-5-3-2-4-8(10)14/h2-7H,1H3,(H,16,18)(H,17,19). The minimum absolute atomic E-state index is 0.185. The van der Waals surface area contributed by atoms with Crippen molar-refractivity contribution in [1.29, 1.82) is 0 Å². The molecule has 1 amide bonds. The van der Waals surface area contributed by atoms with Gasteiger partial charge in [0.1, 0.15) is 11.5 Å². The van der Waals surface area contributed by atoms with Crippen molar-refractivity contribution in [2.75, 3.05) is 17.7 Å². The zero-order chi connectivity index (χ0) is 13.8. The summed E-state index contributed by atoms with van der Waals surface area (Å²) >= 11 is 9.35. The molecule has 1 aromatic heterocycles. The Bertz CT molecular complexity index is 619. The smallest absolute Gasteiger partial charge is 0.275 e. The number of pyridine rings is 1. The van der Waals surface area contributed by atoms with Gasteiger partial charge in [-0.05, 0) is 40.2 Å². The van der Waals surface area contributed by atoms with Crippen molar-refractivity contribution >= 4 is 44.9 Å². The van der Waals surface area contributed by atoms with Crippen molar-refractivity contribution in [2.45, 2.75) is 0 Å². The van der Waals surface area contributed by atoms with Crippen LogP contribution in [-0.4, -0.2) is 17.9 Å². The summed E-state index contributed by atoms with van der Waals surface area (Å²) < 4.78 is 0.796. The van der Waals surface area contributed by atoms with Crippen molar-refractivity contribution in [1.82, 2.24) is 4.98 Å². The summed E-state index contributed by atoms with van der Waals surface area (Å²) in [6.45, 7) is 0. The van der Waals surface area contributed by atoms with Crippen LogP contribution in [-0.2, 0) is 0 Å². The van der Waals surface area contributed by atoms with E-state index in [-0.39, 0.29) is 11.6 Å². The van der Waals surface area contributed by atoms with E-state index in [9.17, 15) is 4.79 Å². The number of nitrogens with one attached hydrogen (secondary N) is 2. The molecule has 2 rings (SSSR count). The van der Waals surface area contributed by atoms with Crippen LogP contribution < -0.4 is 10.6 Å². The number of aromatic nitrogens is 1. The highest BCUT2D eigenvalue weighted by Gasteiger charge is 2.14. The summed E-state index contributed by atoms with van der Waals surface area (Å²) in [5.41, 5.74) is 0.851. The molecule has 98 valence electrons. The Labute approximate surface area is 124 Å². The number of para-hydroxylation sites is 1. The van der Waals surface area contributed by atoms with Gasteiger partial charge in [-0.1, -0.05) is 23.7 Å². The molecule has 19 heavy (non-hydrogen) atoms. The Morgan fingerprint density at radius 3 is 2.68 bits per heavy atom. The average molecular weight is 341 g/mol. The number of amides is 1. The van der Waals surface area contributed by atoms with Gasteiger partial charge >= 0.3 is 0 Å². The third-order valence-corrected chi connectivity index (χ3v) is 3.44. The van der Waals surface area contributed by atoms with Crippen LogP contribution in [0.4, 0.5) is 11.5 Å². The minimum atomic E-state index is -0.353. The Hall–Kier alpha value is -1.59. The lowest BCUT2D eigenvalue weighted by molar-refractivity contribution is 0.102. The molecule has 0 aliphatic rings. The Balaban J connectivity index is 2.28. The van der Waals surface area contributed by atoms with Gasteiger partial charge in [0.2, 0.25) is 0 Å². The van der Waals surface area contributed by atoms with Gasteiger partial charge in [0, 0.05) is 11.5 Å². The number of halogens is 2. The number of hydrogen-bond donors (Lipinski definition) is 2. The van der Waals surface area contributed by atoms with Crippen LogP contribution >= 0.6 is 27.5 Å². The van der Waals surface area contributed by atoms with Crippen LogP contribution in [0.5, 0.6) is 0 Å². The second-order valence-electron chi connectivity index (χ2n) is 3.71. The quantitative estimate of drug-likeness (QED) is 0.894. The maximum absolute atomic E-state index is 12.1. The van der Waals surface area contributed by atoms with Gasteiger partial charge in [0.25, 0.3) is 5.91 Å². The van der Waals surface area contributed by atoms with E-state index in [0.717, 1.165) is 4.47 Å². The van der Waals surface area contributed by atoms with Gasteiger partial charge < -0.3 is 10.6 Å². The third kappa shape index (κ3) is 3.24. The molecule has 1 heterocycles. The van der Waals surface area contributed by atoms with E-state index in [0.29, 0.717) is 16.5 Å². The third-order valence-electron chi connectivity index (χ3n) is 2.44. The van der Waals surface area contributed by atoms with Crippen LogP contribution in [0.15, 0.2) is 40.9 Å². The monoisotopic (exact) mass is 339 g/mol. The number of anilines is 2. The molecule has 0 saturated carbocycles. The van der Waals surface area contributed by atoms with Gasteiger partial charge in [-0.15, -0.1) is 0 Å². The van der Waals surface area contributed by atoms with Crippen molar-refractivity contribution in [3.05, 3.63) is 51.6 Å². The first kappa shape index (κ1) is 13.8. The Kier molecular flexibility index (Phi) is 4.39. The van der Waals surface area contributed by atoms with Crippen molar-refractivity contribution in [3.63, 3.8) is 0 Å². The van der Waals surface area contributed by atoms with Crippen molar-refractivity contribution in [2.24, 2.45) is 0 Å². The summed E-state index contributed by atoms with van der Waals surface area (Å²) in [4.78, 5) is 16.3. The van der Waals surface area contributed by atoms with E-state index in [4.69, 9.17) is 11.6 Å². The average Bonchev–Trinajstić information content (AvgIpc) is 2.42. The second-order valence-corrected chi connectivity index (χ2v) is 4.97. The largest absolute Gasteiger partial charge is 0.373 e. The molecule has 2 N–H and O–H groups in total. The molecule has 0 radical (unpaired) electrons. The molecule has 4 nitrogen and oxygen atoms in total. The lowest BCUT2D eigenvalue weighted by atomic mass is 10.3. The van der Waals surface area contributed by atoms with Gasteiger partial charge in [-0.25, -0.2) is 4.98 Å². The summed E-state index contributed by atoms with van der Waals surface area (Å²) in [5, 5.41) is 5.93. The summed E-state index contributed by atoms with van der Waals surface area (Å²) in [5.74, 6) is 0.232. The Morgan fingerprint density at radius 1 is 1.26 bits per heavy atom.